The maximum atomic E-state index is 11.4. The van der Waals surface area contributed by atoms with Gasteiger partial charge in [-0.15, -0.1) is 0 Å². The van der Waals surface area contributed by atoms with Crippen molar-refractivity contribution in [2.45, 2.75) is 12.8 Å². The highest BCUT2D eigenvalue weighted by molar-refractivity contribution is 6.33. The van der Waals surface area contributed by atoms with Crippen molar-refractivity contribution in [2.75, 3.05) is 42.9 Å². The Labute approximate surface area is 165 Å². The number of nitrogens with zero attached hydrogens (tertiary/aromatic N) is 2. The van der Waals surface area contributed by atoms with Gasteiger partial charge >= 0.3 is 0 Å². The molecule has 4 rings (SSSR count). The monoisotopic (exact) mass is 381 g/mol. The van der Waals surface area contributed by atoms with Crippen LogP contribution in [0.4, 0.5) is 11.4 Å². The highest BCUT2D eigenvalue weighted by Crippen LogP contribution is 2.26. The standard InChI is InChI=1S/C22H24ClN3O/c23-19-5-1-2-6-21(19)26-14-12-25(13-15-26)11-3-4-17-7-9-20-18(16-17)8-10-22(27)24-20/h1-7,9,16H,8,10-15H2,(H,24,27)/b4-3+. The molecule has 2 aliphatic heterocycles. The van der Waals surface area contributed by atoms with E-state index in [2.05, 4.69) is 45.5 Å². The third-order valence-electron chi connectivity index (χ3n) is 5.26. The van der Waals surface area contributed by atoms with Gasteiger partial charge in [-0.2, -0.15) is 0 Å². The molecule has 0 bridgehead atoms. The van der Waals surface area contributed by atoms with Crippen molar-refractivity contribution >= 4 is 35.0 Å². The number of carbonyl (C=O) groups is 1. The van der Waals surface area contributed by atoms with Gasteiger partial charge in [-0.3, -0.25) is 9.69 Å². The molecule has 2 aliphatic rings. The zero-order valence-electron chi connectivity index (χ0n) is 15.3. The Morgan fingerprint density at radius 2 is 1.85 bits per heavy atom. The Morgan fingerprint density at radius 1 is 1.04 bits per heavy atom. The van der Waals surface area contributed by atoms with Crippen LogP contribution in [-0.2, 0) is 11.2 Å². The Morgan fingerprint density at radius 3 is 2.67 bits per heavy atom. The number of hydrogen-bond donors (Lipinski definition) is 1. The predicted molar refractivity (Wildman–Crippen MR) is 113 cm³/mol. The van der Waals surface area contributed by atoms with E-state index in [1.807, 2.05) is 24.3 Å². The smallest absolute Gasteiger partial charge is 0.224 e. The minimum absolute atomic E-state index is 0.113. The van der Waals surface area contributed by atoms with E-state index in [1.54, 1.807) is 0 Å². The first-order chi connectivity index (χ1) is 13.2. The lowest BCUT2D eigenvalue weighted by Crippen LogP contribution is -2.46. The average Bonchev–Trinajstić information content (AvgIpc) is 2.69. The zero-order chi connectivity index (χ0) is 18.6. The van der Waals surface area contributed by atoms with Crippen molar-refractivity contribution in [1.29, 1.82) is 0 Å². The largest absolute Gasteiger partial charge is 0.368 e. The molecule has 4 nitrogen and oxygen atoms in total. The van der Waals surface area contributed by atoms with Gasteiger partial charge in [-0.25, -0.2) is 0 Å². The number of benzene rings is 2. The summed E-state index contributed by atoms with van der Waals surface area (Å²) in [5.74, 6) is 0.113. The summed E-state index contributed by atoms with van der Waals surface area (Å²) in [6.45, 7) is 5.01. The van der Waals surface area contributed by atoms with Crippen molar-refractivity contribution in [3.05, 3.63) is 64.7 Å². The van der Waals surface area contributed by atoms with Gasteiger partial charge < -0.3 is 10.2 Å². The minimum Gasteiger partial charge on any atom is -0.368 e. The fourth-order valence-electron chi connectivity index (χ4n) is 3.72. The number of carbonyl (C=O) groups excluding carboxylic acids is 1. The first kappa shape index (κ1) is 18.1. The molecule has 0 aliphatic carbocycles. The number of halogens is 1. The average molecular weight is 382 g/mol. The van der Waals surface area contributed by atoms with Crippen LogP contribution in [0.25, 0.3) is 6.08 Å². The number of amides is 1. The molecule has 27 heavy (non-hydrogen) atoms. The Balaban J connectivity index is 1.30. The summed E-state index contributed by atoms with van der Waals surface area (Å²) in [6.07, 6.45) is 5.81. The summed E-state index contributed by atoms with van der Waals surface area (Å²) in [7, 11) is 0. The summed E-state index contributed by atoms with van der Waals surface area (Å²) in [5, 5.41) is 3.76. The molecule has 140 valence electrons. The van der Waals surface area contributed by atoms with Crippen LogP contribution in [0.3, 0.4) is 0 Å². The van der Waals surface area contributed by atoms with Gasteiger partial charge in [0.05, 0.1) is 10.7 Å². The maximum absolute atomic E-state index is 11.4. The summed E-state index contributed by atoms with van der Waals surface area (Å²) in [5.41, 5.74) is 4.51. The Kier molecular flexibility index (Phi) is 5.46. The van der Waals surface area contributed by atoms with Gasteiger partial charge in [0.2, 0.25) is 5.91 Å². The number of piperazine rings is 1. The number of hydrogen-bond acceptors (Lipinski definition) is 3. The molecule has 0 radical (unpaired) electrons. The topological polar surface area (TPSA) is 35.6 Å². The summed E-state index contributed by atoms with van der Waals surface area (Å²) < 4.78 is 0. The first-order valence-electron chi connectivity index (χ1n) is 9.50. The molecule has 1 N–H and O–H groups in total. The lowest BCUT2D eigenvalue weighted by Gasteiger charge is -2.36. The van der Waals surface area contributed by atoms with Crippen molar-refractivity contribution in [2.24, 2.45) is 0 Å². The van der Waals surface area contributed by atoms with Crippen LogP contribution in [0, 0.1) is 0 Å². The van der Waals surface area contributed by atoms with Crippen molar-refractivity contribution in [3.8, 4) is 0 Å². The van der Waals surface area contributed by atoms with E-state index in [4.69, 9.17) is 11.6 Å². The Bertz CT molecular complexity index is 856. The Hall–Kier alpha value is -2.30. The van der Waals surface area contributed by atoms with Gasteiger partial charge in [0, 0.05) is 44.8 Å². The van der Waals surface area contributed by atoms with Crippen LogP contribution in [0.5, 0.6) is 0 Å². The number of anilines is 2. The number of nitrogens with one attached hydrogen (secondary N) is 1. The third-order valence-corrected chi connectivity index (χ3v) is 5.58. The first-order valence-corrected chi connectivity index (χ1v) is 9.88. The molecule has 1 fully saturated rings. The van der Waals surface area contributed by atoms with E-state index < -0.39 is 0 Å². The quantitative estimate of drug-likeness (QED) is 0.867. The van der Waals surface area contributed by atoms with Crippen molar-refractivity contribution in [1.82, 2.24) is 4.90 Å². The summed E-state index contributed by atoms with van der Waals surface area (Å²) >= 11 is 6.31. The minimum atomic E-state index is 0.113. The predicted octanol–water partition coefficient (Wildman–Crippen LogP) is 4.06. The molecule has 5 heteroatoms. The molecule has 0 atom stereocenters. The number of rotatable bonds is 4. The van der Waals surface area contributed by atoms with Gasteiger partial charge in [0.25, 0.3) is 0 Å². The SMILES string of the molecule is O=C1CCc2cc(/C=C/CN3CCN(c4ccccc4Cl)CC3)ccc2N1. The molecule has 0 aromatic heterocycles. The van der Waals surface area contributed by atoms with Crippen LogP contribution >= 0.6 is 11.6 Å². The number of fused-ring (bicyclic) bond motifs is 1. The molecule has 2 aromatic carbocycles. The number of aryl methyl sites for hydroxylation is 1. The van der Waals surface area contributed by atoms with Crippen molar-refractivity contribution in [3.63, 3.8) is 0 Å². The molecule has 1 amide bonds. The lowest BCUT2D eigenvalue weighted by molar-refractivity contribution is -0.116. The fraction of sp³-hybridized carbons (Fsp3) is 0.318. The highest BCUT2D eigenvalue weighted by Gasteiger charge is 2.18. The summed E-state index contributed by atoms with van der Waals surface area (Å²) in [4.78, 5) is 16.3. The molecule has 2 heterocycles. The molecular weight excluding hydrogens is 358 g/mol. The van der Waals surface area contributed by atoms with Crippen LogP contribution in [-0.4, -0.2) is 43.5 Å². The fourth-order valence-corrected chi connectivity index (χ4v) is 3.98. The third kappa shape index (κ3) is 4.34. The molecule has 0 saturated carbocycles. The zero-order valence-corrected chi connectivity index (χ0v) is 16.1. The second-order valence-corrected chi connectivity index (χ2v) is 7.51. The van der Waals surface area contributed by atoms with E-state index in [9.17, 15) is 4.79 Å². The van der Waals surface area contributed by atoms with E-state index in [-0.39, 0.29) is 5.91 Å². The van der Waals surface area contributed by atoms with E-state index >= 15 is 0 Å². The summed E-state index contributed by atoms with van der Waals surface area (Å²) in [6, 6.07) is 14.3. The van der Waals surface area contributed by atoms with Gasteiger partial charge in [0.15, 0.2) is 0 Å². The second kappa shape index (κ2) is 8.15. The molecule has 1 saturated heterocycles. The van der Waals surface area contributed by atoms with Crippen LogP contribution < -0.4 is 10.2 Å². The normalized spacial score (nSPS) is 17.8. The molecular formula is C22H24ClN3O. The van der Waals surface area contributed by atoms with E-state index in [0.717, 1.165) is 55.5 Å². The van der Waals surface area contributed by atoms with E-state index in [1.165, 1.54) is 11.1 Å². The highest BCUT2D eigenvalue weighted by atomic mass is 35.5. The lowest BCUT2D eigenvalue weighted by atomic mass is 10.0. The van der Waals surface area contributed by atoms with E-state index in [0.29, 0.717) is 6.42 Å². The van der Waals surface area contributed by atoms with Crippen LogP contribution in [0.15, 0.2) is 48.5 Å². The molecule has 0 spiro atoms. The number of para-hydroxylation sites is 1. The van der Waals surface area contributed by atoms with Gasteiger partial charge in [-0.1, -0.05) is 42.0 Å². The molecule has 2 aromatic rings. The molecule has 0 unspecified atom stereocenters. The van der Waals surface area contributed by atoms with Gasteiger partial charge in [-0.05, 0) is 41.8 Å². The second-order valence-electron chi connectivity index (χ2n) is 7.11. The maximum Gasteiger partial charge on any atom is 0.224 e. The van der Waals surface area contributed by atoms with Crippen LogP contribution in [0.1, 0.15) is 17.5 Å². The van der Waals surface area contributed by atoms with Crippen molar-refractivity contribution < 1.29 is 4.79 Å². The van der Waals surface area contributed by atoms with Gasteiger partial charge in [0.1, 0.15) is 0 Å². The van der Waals surface area contributed by atoms with Crippen LogP contribution in [0.2, 0.25) is 5.02 Å².